The Morgan fingerprint density at radius 3 is 2.86 bits per heavy atom. The Morgan fingerprint density at radius 2 is 2.14 bits per heavy atom. The maximum absolute atomic E-state index is 11.8. The molecule has 0 spiro atoms. The first-order valence-electron chi connectivity index (χ1n) is 6.50. The van der Waals surface area contributed by atoms with Crippen molar-refractivity contribution < 1.29 is 19.1 Å². The van der Waals surface area contributed by atoms with Gasteiger partial charge in [0.05, 0.1) is 11.6 Å². The van der Waals surface area contributed by atoms with Crippen molar-refractivity contribution in [1.82, 2.24) is 10.2 Å². The number of esters is 1. The molecule has 116 valence electrons. The fraction of sp³-hybridized carbons (Fsp3) is 0.214. The number of hydrogen-bond donors (Lipinski definition) is 2. The van der Waals surface area contributed by atoms with Gasteiger partial charge >= 0.3 is 5.97 Å². The highest BCUT2D eigenvalue weighted by Crippen LogP contribution is 2.22. The fourth-order valence-corrected chi connectivity index (χ4v) is 1.77. The predicted molar refractivity (Wildman–Crippen MR) is 80.1 cm³/mol. The van der Waals surface area contributed by atoms with Crippen molar-refractivity contribution in [3.63, 3.8) is 0 Å². The summed E-state index contributed by atoms with van der Waals surface area (Å²) in [6, 6.07) is 8.21. The van der Waals surface area contributed by atoms with Crippen LogP contribution in [0, 0.1) is 0 Å². The number of halogens is 1. The zero-order valence-electron chi connectivity index (χ0n) is 11.8. The molecular formula is C14H14ClN3O4. The van der Waals surface area contributed by atoms with Gasteiger partial charge in [-0.25, -0.2) is 4.79 Å². The van der Waals surface area contributed by atoms with Crippen LogP contribution < -0.4 is 10.1 Å². The number of nitrogens with one attached hydrogen (secondary N) is 2. The summed E-state index contributed by atoms with van der Waals surface area (Å²) >= 11 is 5.91. The number of anilines is 1. The number of benzene rings is 1. The fourth-order valence-electron chi connectivity index (χ4n) is 1.58. The van der Waals surface area contributed by atoms with Gasteiger partial charge in [0, 0.05) is 6.07 Å². The lowest BCUT2D eigenvalue weighted by Crippen LogP contribution is -2.20. The van der Waals surface area contributed by atoms with Gasteiger partial charge in [0.15, 0.2) is 12.4 Å². The minimum Gasteiger partial charge on any atom is -0.482 e. The first-order chi connectivity index (χ1) is 10.6. The van der Waals surface area contributed by atoms with Gasteiger partial charge < -0.3 is 14.8 Å². The second-order valence-electron chi connectivity index (χ2n) is 4.15. The molecule has 0 bridgehead atoms. The Hall–Kier alpha value is -2.54. The molecule has 7 nitrogen and oxygen atoms in total. The van der Waals surface area contributed by atoms with E-state index >= 15 is 0 Å². The summed E-state index contributed by atoms with van der Waals surface area (Å²) in [7, 11) is 0. The number of rotatable bonds is 6. The molecule has 2 N–H and O–H groups in total. The molecule has 0 aliphatic rings. The Balaban J connectivity index is 1.87. The van der Waals surface area contributed by atoms with E-state index in [9.17, 15) is 9.59 Å². The van der Waals surface area contributed by atoms with Crippen LogP contribution in [0.1, 0.15) is 17.4 Å². The average molecular weight is 324 g/mol. The molecule has 22 heavy (non-hydrogen) atoms. The lowest BCUT2D eigenvalue weighted by molar-refractivity contribution is -0.118. The van der Waals surface area contributed by atoms with Crippen molar-refractivity contribution in [3.05, 3.63) is 41.0 Å². The second kappa shape index (κ2) is 7.46. The molecule has 1 aromatic heterocycles. The first kappa shape index (κ1) is 15.8. The number of H-pyrrole nitrogens is 1. The number of hydrogen-bond acceptors (Lipinski definition) is 5. The van der Waals surface area contributed by atoms with E-state index in [1.807, 2.05) is 0 Å². The van der Waals surface area contributed by atoms with Gasteiger partial charge in [-0.05, 0) is 19.1 Å². The molecule has 0 saturated heterocycles. The second-order valence-corrected chi connectivity index (χ2v) is 4.56. The van der Waals surface area contributed by atoms with Crippen molar-refractivity contribution in [1.29, 1.82) is 0 Å². The van der Waals surface area contributed by atoms with E-state index < -0.39 is 11.9 Å². The van der Waals surface area contributed by atoms with Gasteiger partial charge in [0.1, 0.15) is 11.4 Å². The van der Waals surface area contributed by atoms with E-state index in [4.69, 9.17) is 21.1 Å². The first-order valence-corrected chi connectivity index (χ1v) is 6.87. The Labute approximate surface area is 131 Å². The number of carbonyl (C=O) groups excluding carboxylic acids is 2. The van der Waals surface area contributed by atoms with Crippen LogP contribution in [0.5, 0.6) is 5.75 Å². The Kier molecular flexibility index (Phi) is 5.37. The van der Waals surface area contributed by atoms with E-state index in [1.54, 1.807) is 31.2 Å². The number of nitrogens with zero attached hydrogens (tertiary/aromatic N) is 1. The average Bonchev–Trinajstić information content (AvgIpc) is 2.95. The molecule has 0 saturated carbocycles. The van der Waals surface area contributed by atoms with Crippen LogP contribution in [0.2, 0.25) is 5.02 Å². The molecule has 0 aliphatic carbocycles. The number of aromatic amines is 1. The Bertz CT molecular complexity index is 672. The minimum absolute atomic E-state index is 0.157. The third kappa shape index (κ3) is 4.23. The summed E-state index contributed by atoms with van der Waals surface area (Å²) in [6.07, 6.45) is 0. The number of para-hydroxylation sites is 1. The highest BCUT2D eigenvalue weighted by atomic mass is 35.5. The summed E-state index contributed by atoms with van der Waals surface area (Å²) in [6.45, 7) is 1.72. The summed E-state index contributed by atoms with van der Waals surface area (Å²) in [5, 5.41) is 9.18. The molecule has 0 atom stereocenters. The molecule has 8 heteroatoms. The normalized spacial score (nSPS) is 10.1. The van der Waals surface area contributed by atoms with Crippen LogP contribution in [0.3, 0.4) is 0 Å². The van der Waals surface area contributed by atoms with Crippen molar-refractivity contribution in [2.75, 3.05) is 18.5 Å². The van der Waals surface area contributed by atoms with E-state index in [-0.39, 0.29) is 24.7 Å². The SMILES string of the molecule is CCOC(=O)c1cc(NC(=O)COc2ccccc2Cl)n[nH]1. The zero-order chi connectivity index (χ0) is 15.9. The maximum Gasteiger partial charge on any atom is 0.356 e. The molecule has 0 unspecified atom stereocenters. The molecule has 2 aromatic rings. The van der Waals surface area contributed by atoms with Gasteiger partial charge in [-0.3, -0.25) is 9.89 Å². The van der Waals surface area contributed by atoms with Crippen LogP contribution >= 0.6 is 11.6 Å². The van der Waals surface area contributed by atoms with Crippen LogP contribution in [-0.2, 0) is 9.53 Å². The van der Waals surface area contributed by atoms with Crippen LogP contribution in [0.4, 0.5) is 5.82 Å². The summed E-state index contributed by atoms with van der Waals surface area (Å²) in [4.78, 5) is 23.2. The number of aromatic nitrogens is 2. The van der Waals surface area contributed by atoms with Crippen LogP contribution in [-0.4, -0.2) is 35.3 Å². The molecule has 0 aliphatic heterocycles. The van der Waals surface area contributed by atoms with E-state index in [0.717, 1.165) is 0 Å². The van der Waals surface area contributed by atoms with E-state index in [2.05, 4.69) is 15.5 Å². The quantitative estimate of drug-likeness (QED) is 0.795. The highest BCUT2D eigenvalue weighted by Gasteiger charge is 2.12. The molecule has 1 amide bonds. The minimum atomic E-state index is -0.539. The van der Waals surface area contributed by atoms with Gasteiger partial charge in [-0.1, -0.05) is 23.7 Å². The third-order valence-electron chi connectivity index (χ3n) is 2.54. The predicted octanol–water partition coefficient (Wildman–Crippen LogP) is 2.26. The van der Waals surface area contributed by atoms with Crippen LogP contribution in [0.25, 0.3) is 0 Å². The lowest BCUT2D eigenvalue weighted by Gasteiger charge is -2.06. The monoisotopic (exact) mass is 323 g/mol. The van der Waals surface area contributed by atoms with Gasteiger partial charge in [-0.2, -0.15) is 5.10 Å². The molecular weight excluding hydrogens is 310 g/mol. The van der Waals surface area contributed by atoms with Crippen molar-refractivity contribution >= 4 is 29.3 Å². The molecule has 2 rings (SSSR count). The van der Waals surface area contributed by atoms with Gasteiger partial charge in [0.25, 0.3) is 5.91 Å². The van der Waals surface area contributed by atoms with Crippen molar-refractivity contribution in [2.24, 2.45) is 0 Å². The largest absolute Gasteiger partial charge is 0.482 e. The maximum atomic E-state index is 11.8. The summed E-state index contributed by atoms with van der Waals surface area (Å²) in [5.41, 5.74) is 0.157. The summed E-state index contributed by atoms with van der Waals surface area (Å²) < 4.78 is 10.1. The standard InChI is InChI=1S/C14H14ClN3O4/c1-2-21-14(20)10-7-12(18-17-10)16-13(19)8-22-11-6-4-3-5-9(11)15/h3-7H,2,8H2,1H3,(H2,16,17,18,19). The number of ether oxygens (including phenoxy) is 2. The molecule has 1 heterocycles. The highest BCUT2D eigenvalue weighted by molar-refractivity contribution is 6.32. The van der Waals surface area contributed by atoms with Gasteiger partial charge in [0.2, 0.25) is 0 Å². The van der Waals surface area contributed by atoms with Gasteiger partial charge in [-0.15, -0.1) is 0 Å². The Morgan fingerprint density at radius 1 is 1.36 bits per heavy atom. The topological polar surface area (TPSA) is 93.3 Å². The molecule has 1 aromatic carbocycles. The van der Waals surface area contributed by atoms with Crippen LogP contribution in [0.15, 0.2) is 30.3 Å². The molecule has 0 radical (unpaired) electrons. The summed E-state index contributed by atoms with van der Waals surface area (Å²) in [5.74, 6) is -0.353. The van der Waals surface area contributed by atoms with Crippen molar-refractivity contribution in [3.8, 4) is 5.75 Å². The third-order valence-corrected chi connectivity index (χ3v) is 2.85. The zero-order valence-corrected chi connectivity index (χ0v) is 12.5. The van der Waals surface area contributed by atoms with Crippen molar-refractivity contribution in [2.45, 2.75) is 6.92 Å². The number of carbonyl (C=O) groups is 2. The van der Waals surface area contributed by atoms with E-state index in [1.165, 1.54) is 6.07 Å². The van der Waals surface area contributed by atoms with E-state index in [0.29, 0.717) is 10.8 Å². The molecule has 0 fully saturated rings. The number of amides is 1. The lowest BCUT2D eigenvalue weighted by atomic mass is 10.3. The smallest absolute Gasteiger partial charge is 0.356 e.